The zero-order valence-electron chi connectivity index (χ0n) is 12.7. The number of nitrogens with one attached hydrogen (secondary N) is 1. The Morgan fingerprint density at radius 3 is 2.71 bits per heavy atom. The average molecular weight is 319 g/mol. The van der Waals surface area contributed by atoms with Gasteiger partial charge in [0.2, 0.25) is 0 Å². The van der Waals surface area contributed by atoms with E-state index in [1.54, 1.807) is 11.3 Å². The van der Waals surface area contributed by atoms with Gasteiger partial charge in [-0.25, -0.2) is 0 Å². The number of rotatable bonds is 5. The molecule has 2 rings (SSSR count). The van der Waals surface area contributed by atoms with Gasteiger partial charge in [0.15, 0.2) is 0 Å². The molecular formula is C16H24F3NS. The second-order valence-electron chi connectivity index (χ2n) is 6.06. The van der Waals surface area contributed by atoms with E-state index >= 15 is 0 Å². The van der Waals surface area contributed by atoms with E-state index in [0.29, 0.717) is 12.8 Å². The monoisotopic (exact) mass is 319 g/mol. The van der Waals surface area contributed by atoms with Crippen molar-refractivity contribution in [1.29, 1.82) is 0 Å². The van der Waals surface area contributed by atoms with E-state index in [-0.39, 0.29) is 18.4 Å². The third kappa shape index (κ3) is 4.22. The van der Waals surface area contributed by atoms with E-state index in [0.717, 1.165) is 19.4 Å². The van der Waals surface area contributed by atoms with Crippen molar-refractivity contribution in [1.82, 2.24) is 5.32 Å². The van der Waals surface area contributed by atoms with Gasteiger partial charge in [-0.05, 0) is 62.1 Å². The molecule has 0 radical (unpaired) electrons. The number of thiophene rings is 1. The first-order valence-electron chi connectivity index (χ1n) is 7.77. The summed E-state index contributed by atoms with van der Waals surface area (Å²) in [5.74, 6) is -1.03. The van der Waals surface area contributed by atoms with Gasteiger partial charge in [0.25, 0.3) is 0 Å². The zero-order chi connectivity index (χ0) is 15.5. The summed E-state index contributed by atoms with van der Waals surface area (Å²) in [6.45, 7) is 5.00. The van der Waals surface area contributed by atoms with Gasteiger partial charge in [0.05, 0.1) is 5.92 Å². The minimum absolute atomic E-state index is 0.0788. The fourth-order valence-corrected chi connectivity index (χ4v) is 4.40. The maximum atomic E-state index is 13.0. The number of halogens is 3. The Morgan fingerprint density at radius 2 is 2.14 bits per heavy atom. The second-order valence-corrected chi connectivity index (χ2v) is 7.01. The molecule has 1 aliphatic rings. The predicted octanol–water partition coefficient (Wildman–Crippen LogP) is 5.47. The molecule has 1 fully saturated rings. The van der Waals surface area contributed by atoms with Crippen LogP contribution in [0.5, 0.6) is 0 Å². The Morgan fingerprint density at radius 1 is 1.38 bits per heavy atom. The number of aryl methyl sites for hydroxylation is 1. The third-order valence-electron chi connectivity index (χ3n) is 4.45. The van der Waals surface area contributed by atoms with Crippen molar-refractivity contribution in [3.05, 3.63) is 21.9 Å². The maximum absolute atomic E-state index is 13.0. The van der Waals surface area contributed by atoms with E-state index in [4.69, 9.17) is 0 Å². The first-order valence-corrected chi connectivity index (χ1v) is 8.65. The Hall–Kier alpha value is -0.550. The smallest absolute Gasteiger partial charge is 0.309 e. The highest BCUT2D eigenvalue weighted by atomic mass is 32.1. The van der Waals surface area contributed by atoms with E-state index in [1.165, 1.54) is 10.4 Å². The molecule has 0 bridgehead atoms. The fourth-order valence-electron chi connectivity index (χ4n) is 3.30. The van der Waals surface area contributed by atoms with Crippen LogP contribution in [0, 0.1) is 18.8 Å². The predicted molar refractivity (Wildman–Crippen MR) is 81.6 cm³/mol. The minimum atomic E-state index is -4.04. The molecule has 3 unspecified atom stereocenters. The lowest BCUT2D eigenvalue weighted by atomic mass is 9.76. The molecule has 3 atom stereocenters. The Kier molecular flexibility index (Phi) is 5.72. The summed E-state index contributed by atoms with van der Waals surface area (Å²) < 4.78 is 39.1. The first-order chi connectivity index (χ1) is 9.93. The van der Waals surface area contributed by atoms with Gasteiger partial charge in [0, 0.05) is 10.9 Å². The van der Waals surface area contributed by atoms with Crippen LogP contribution in [0.1, 0.15) is 55.5 Å². The lowest BCUT2D eigenvalue weighted by Crippen LogP contribution is -2.36. The molecule has 5 heteroatoms. The molecule has 0 amide bonds. The number of alkyl halides is 3. The first kappa shape index (κ1) is 16.8. The average Bonchev–Trinajstić information content (AvgIpc) is 2.85. The van der Waals surface area contributed by atoms with Crippen LogP contribution in [0.4, 0.5) is 13.2 Å². The van der Waals surface area contributed by atoms with Crippen molar-refractivity contribution >= 4 is 11.3 Å². The van der Waals surface area contributed by atoms with Crippen LogP contribution >= 0.6 is 11.3 Å². The van der Waals surface area contributed by atoms with E-state index in [2.05, 4.69) is 25.2 Å². The standard InChI is InChI=1S/C16H24F3NS/c1-3-8-20-14(15-11(2)7-9-21-15)12-5-4-6-13(10-12)16(17,18)19/h7,9,12-14,20H,3-6,8,10H2,1-2H3. The van der Waals surface area contributed by atoms with Crippen LogP contribution < -0.4 is 5.32 Å². The molecule has 1 N–H and O–H groups in total. The van der Waals surface area contributed by atoms with Crippen LogP contribution in [0.3, 0.4) is 0 Å². The molecule has 1 aromatic heterocycles. The van der Waals surface area contributed by atoms with Crippen LogP contribution in [-0.4, -0.2) is 12.7 Å². The molecule has 0 saturated heterocycles. The molecule has 0 aromatic carbocycles. The van der Waals surface area contributed by atoms with E-state index in [9.17, 15) is 13.2 Å². The molecule has 1 saturated carbocycles. The molecule has 0 aliphatic heterocycles. The number of hydrogen-bond acceptors (Lipinski definition) is 2. The minimum Gasteiger partial charge on any atom is -0.309 e. The van der Waals surface area contributed by atoms with Crippen molar-refractivity contribution < 1.29 is 13.2 Å². The van der Waals surface area contributed by atoms with Crippen molar-refractivity contribution in [2.24, 2.45) is 11.8 Å². The van der Waals surface area contributed by atoms with Crippen LogP contribution in [-0.2, 0) is 0 Å². The molecular weight excluding hydrogens is 295 g/mol. The molecule has 21 heavy (non-hydrogen) atoms. The molecule has 1 aliphatic carbocycles. The Balaban J connectivity index is 2.15. The summed E-state index contributed by atoms with van der Waals surface area (Å²) in [4.78, 5) is 1.22. The Labute approximate surface area is 128 Å². The van der Waals surface area contributed by atoms with Crippen molar-refractivity contribution in [3.63, 3.8) is 0 Å². The topological polar surface area (TPSA) is 12.0 Å². The van der Waals surface area contributed by atoms with Gasteiger partial charge < -0.3 is 5.32 Å². The highest BCUT2D eigenvalue weighted by molar-refractivity contribution is 7.10. The summed E-state index contributed by atoms with van der Waals surface area (Å²) >= 11 is 1.67. The van der Waals surface area contributed by atoms with Gasteiger partial charge in [0.1, 0.15) is 0 Å². The quantitative estimate of drug-likeness (QED) is 0.759. The van der Waals surface area contributed by atoms with Gasteiger partial charge >= 0.3 is 6.18 Å². The highest BCUT2D eigenvalue weighted by Crippen LogP contribution is 2.45. The molecule has 120 valence electrons. The van der Waals surface area contributed by atoms with Crippen LogP contribution in [0.25, 0.3) is 0 Å². The van der Waals surface area contributed by atoms with Gasteiger partial charge in [-0.2, -0.15) is 13.2 Å². The van der Waals surface area contributed by atoms with E-state index in [1.807, 2.05) is 5.38 Å². The van der Waals surface area contributed by atoms with Crippen molar-refractivity contribution in [2.45, 2.75) is 58.2 Å². The van der Waals surface area contributed by atoms with Crippen molar-refractivity contribution in [2.75, 3.05) is 6.54 Å². The molecule has 1 nitrogen and oxygen atoms in total. The number of hydrogen-bond donors (Lipinski definition) is 1. The highest BCUT2D eigenvalue weighted by Gasteiger charge is 2.43. The lowest BCUT2D eigenvalue weighted by molar-refractivity contribution is -0.186. The summed E-state index contributed by atoms with van der Waals surface area (Å²) in [5.41, 5.74) is 1.20. The van der Waals surface area contributed by atoms with E-state index < -0.39 is 12.1 Å². The normalized spacial score (nSPS) is 25.0. The summed E-state index contributed by atoms with van der Waals surface area (Å²) in [6, 6.07) is 2.14. The van der Waals surface area contributed by atoms with Gasteiger partial charge in [-0.3, -0.25) is 0 Å². The largest absolute Gasteiger partial charge is 0.391 e. The molecule has 0 spiro atoms. The summed E-state index contributed by atoms with van der Waals surface area (Å²) in [5, 5.41) is 5.53. The maximum Gasteiger partial charge on any atom is 0.391 e. The fraction of sp³-hybridized carbons (Fsp3) is 0.750. The molecule has 1 heterocycles. The van der Waals surface area contributed by atoms with Gasteiger partial charge in [-0.1, -0.05) is 13.3 Å². The summed E-state index contributed by atoms with van der Waals surface area (Å²) in [6.07, 6.45) is -0.907. The van der Waals surface area contributed by atoms with Crippen LogP contribution in [0.15, 0.2) is 11.4 Å². The third-order valence-corrected chi connectivity index (χ3v) is 5.55. The second kappa shape index (κ2) is 7.14. The summed E-state index contributed by atoms with van der Waals surface area (Å²) in [7, 11) is 0. The van der Waals surface area contributed by atoms with Crippen LogP contribution in [0.2, 0.25) is 0 Å². The molecule has 1 aromatic rings. The van der Waals surface area contributed by atoms with Crippen molar-refractivity contribution in [3.8, 4) is 0 Å². The lowest BCUT2D eigenvalue weighted by Gasteiger charge is -2.36. The Bertz CT molecular complexity index is 441. The zero-order valence-corrected chi connectivity index (χ0v) is 13.5. The van der Waals surface area contributed by atoms with Gasteiger partial charge in [-0.15, -0.1) is 11.3 Å². The SMILES string of the molecule is CCCNC(c1sccc1C)C1CCCC(C(F)(F)F)C1.